The van der Waals surface area contributed by atoms with Crippen LogP contribution < -0.4 is 5.32 Å². The minimum Gasteiger partial charge on any atom is -0.331 e. The van der Waals surface area contributed by atoms with Gasteiger partial charge in [0.2, 0.25) is 0 Å². The maximum absolute atomic E-state index is 12.9. The number of amides is 1. The van der Waals surface area contributed by atoms with Gasteiger partial charge in [0.05, 0.1) is 10.2 Å². The van der Waals surface area contributed by atoms with E-state index in [2.05, 4.69) is 17.4 Å². The van der Waals surface area contributed by atoms with E-state index in [4.69, 9.17) is 0 Å². The van der Waals surface area contributed by atoms with Gasteiger partial charge in [0.25, 0.3) is 5.91 Å². The number of nitrogens with zero attached hydrogens (tertiary/aromatic N) is 1. The second-order valence-corrected chi connectivity index (χ2v) is 7.31. The zero-order chi connectivity index (χ0) is 18.8. The molecule has 2 aromatic heterocycles. The van der Waals surface area contributed by atoms with Gasteiger partial charge in [-0.25, -0.2) is 0 Å². The van der Waals surface area contributed by atoms with Crippen LogP contribution in [0.5, 0.6) is 0 Å². The Morgan fingerprint density at radius 3 is 2.44 bits per heavy atom. The molecule has 0 saturated heterocycles. The van der Waals surface area contributed by atoms with E-state index in [-0.39, 0.29) is 11.7 Å². The largest absolute Gasteiger partial charge is 0.331 e. The molecular formula is C22H18N2O2S. The quantitative estimate of drug-likeness (QED) is 0.488. The maximum Gasteiger partial charge on any atom is 0.272 e. The van der Waals surface area contributed by atoms with Crippen LogP contribution in [0.25, 0.3) is 10.2 Å². The van der Waals surface area contributed by atoms with Crippen molar-refractivity contribution >= 4 is 38.9 Å². The van der Waals surface area contributed by atoms with Crippen LogP contribution >= 0.6 is 11.3 Å². The summed E-state index contributed by atoms with van der Waals surface area (Å²) in [6.07, 6.45) is 0. The first-order chi connectivity index (χ1) is 13.1. The number of carbonyl (C=O) groups excluding carboxylic acids is 2. The first kappa shape index (κ1) is 17.2. The molecule has 134 valence electrons. The third-order valence-electron chi connectivity index (χ3n) is 4.49. The van der Waals surface area contributed by atoms with Gasteiger partial charge < -0.3 is 9.88 Å². The summed E-state index contributed by atoms with van der Waals surface area (Å²) in [6.45, 7) is 2.16. The summed E-state index contributed by atoms with van der Waals surface area (Å²) in [5.41, 5.74) is 4.11. The molecule has 0 spiro atoms. The summed E-state index contributed by atoms with van der Waals surface area (Å²) in [5, 5.41) is 4.97. The molecule has 0 fully saturated rings. The highest BCUT2D eigenvalue weighted by Gasteiger charge is 2.17. The predicted molar refractivity (Wildman–Crippen MR) is 110 cm³/mol. The van der Waals surface area contributed by atoms with Gasteiger partial charge in [-0.05, 0) is 54.3 Å². The highest BCUT2D eigenvalue weighted by Crippen LogP contribution is 2.27. The van der Waals surface area contributed by atoms with E-state index >= 15 is 0 Å². The molecule has 4 aromatic rings. The third kappa shape index (κ3) is 3.55. The fourth-order valence-electron chi connectivity index (χ4n) is 3.08. The van der Waals surface area contributed by atoms with Crippen molar-refractivity contribution in [1.82, 2.24) is 4.57 Å². The molecule has 0 aliphatic rings. The predicted octanol–water partition coefficient (Wildman–Crippen LogP) is 5.21. The van der Waals surface area contributed by atoms with Crippen molar-refractivity contribution in [3.05, 3.63) is 88.9 Å². The van der Waals surface area contributed by atoms with Crippen molar-refractivity contribution in [1.29, 1.82) is 0 Å². The summed E-state index contributed by atoms with van der Waals surface area (Å²) in [4.78, 5) is 24.3. The monoisotopic (exact) mass is 374 g/mol. The Balaban J connectivity index is 1.64. The zero-order valence-corrected chi connectivity index (χ0v) is 15.6. The summed E-state index contributed by atoms with van der Waals surface area (Å²) >= 11 is 1.62. The van der Waals surface area contributed by atoms with Crippen LogP contribution in [-0.2, 0) is 6.54 Å². The average Bonchev–Trinajstić information content (AvgIpc) is 3.26. The van der Waals surface area contributed by atoms with E-state index in [1.807, 2.05) is 40.3 Å². The van der Waals surface area contributed by atoms with Crippen molar-refractivity contribution in [2.75, 3.05) is 5.32 Å². The molecule has 2 heterocycles. The number of hydrogen-bond donors (Lipinski definition) is 1. The average molecular weight is 374 g/mol. The zero-order valence-electron chi connectivity index (χ0n) is 14.8. The van der Waals surface area contributed by atoms with E-state index in [1.54, 1.807) is 35.6 Å². The lowest BCUT2D eigenvalue weighted by Crippen LogP contribution is -2.17. The fourth-order valence-corrected chi connectivity index (χ4v) is 3.91. The van der Waals surface area contributed by atoms with E-state index < -0.39 is 0 Å². The van der Waals surface area contributed by atoms with Crippen molar-refractivity contribution in [3.63, 3.8) is 0 Å². The second-order valence-electron chi connectivity index (χ2n) is 6.36. The van der Waals surface area contributed by atoms with Crippen LogP contribution in [0.2, 0.25) is 0 Å². The Bertz CT molecular complexity index is 1110. The van der Waals surface area contributed by atoms with Gasteiger partial charge in [0.1, 0.15) is 5.69 Å². The lowest BCUT2D eigenvalue weighted by Gasteiger charge is -2.11. The van der Waals surface area contributed by atoms with Crippen LogP contribution in [0.4, 0.5) is 5.69 Å². The van der Waals surface area contributed by atoms with E-state index in [9.17, 15) is 9.59 Å². The molecule has 0 radical (unpaired) electrons. The van der Waals surface area contributed by atoms with Crippen molar-refractivity contribution in [2.45, 2.75) is 13.5 Å². The minimum absolute atomic E-state index is 0.00449. The number of benzene rings is 2. The number of thiophene rings is 1. The number of fused-ring (bicyclic) bond motifs is 1. The SMILES string of the molecule is CC(=O)c1ccc(NC(=O)c2cc3sccc3n2Cc2ccccc2)cc1. The van der Waals surface area contributed by atoms with Gasteiger partial charge in [-0.3, -0.25) is 9.59 Å². The lowest BCUT2D eigenvalue weighted by atomic mass is 10.1. The van der Waals surface area contributed by atoms with E-state index in [0.717, 1.165) is 15.8 Å². The van der Waals surface area contributed by atoms with Crippen molar-refractivity contribution in [2.24, 2.45) is 0 Å². The second kappa shape index (κ2) is 7.21. The molecule has 0 aliphatic heterocycles. The number of hydrogen-bond acceptors (Lipinski definition) is 3. The Labute approximate surface area is 161 Å². The van der Waals surface area contributed by atoms with E-state index in [0.29, 0.717) is 23.5 Å². The molecule has 0 bridgehead atoms. The first-order valence-electron chi connectivity index (χ1n) is 8.65. The van der Waals surface area contributed by atoms with Crippen LogP contribution in [-0.4, -0.2) is 16.3 Å². The molecule has 4 nitrogen and oxygen atoms in total. The Hall–Kier alpha value is -3.18. The Morgan fingerprint density at radius 1 is 1.00 bits per heavy atom. The number of rotatable bonds is 5. The van der Waals surface area contributed by atoms with Gasteiger partial charge >= 0.3 is 0 Å². The smallest absolute Gasteiger partial charge is 0.272 e. The number of nitrogens with one attached hydrogen (secondary N) is 1. The van der Waals surface area contributed by atoms with Crippen molar-refractivity contribution < 1.29 is 9.59 Å². The highest BCUT2D eigenvalue weighted by molar-refractivity contribution is 7.17. The summed E-state index contributed by atoms with van der Waals surface area (Å²) in [5.74, 6) is -0.158. The lowest BCUT2D eigenvalue weighted by molar-refractivity contribution is 0.101. The summed E-state index contributed by atoms with van der Waals surface area (Å²) in [6, 6.07) is 21.0. The van der Waals surface area contributed by atoms with Crippen LogP contribution in [0.3, 0.4) is 0 Å². The minimum atomic E-state index is -0.162. The Morgan fingerprint density at radius 2 is 1.74 bits per heavy atom. The van der Waals surface area contributed by atoms with Crippen molar-refractivity contribution in [3.8, 4) is 0 Å². The summed E-state index contributed by atoms with van der Waals surface area (Å²) in [7, 11) is 0. The molecule has 0 unspecified atom stereocenters. The number of Topliss-reactive ketones (excluding diaryl/α,β-unsaturated/α-hetero) is 1. The van der Waals surface area contributed by atoms with Gasteiger partial charge in [0, 0.05) is 17.8 Å². The Kier molecular flexibility index (Phi) is 4.60. The first-order valence-corrected chi connectivity index (χ1v) is 9.53. The molecule has 27 heavy (non-hydrogen) atoms. The van der Waals surface area contributed by atoms with Crippen LogP contribution in [0, 0.1) is 0 Å². The van der Waals surface area contributed by atoms with Gasteiger partial charge in [-0.1, -0.05) is 30.3 Å². The normalized spacial score (nSPS) is 10.9. The molecule has 5 heteroatoms. The maximum atomic E-state index is 12.9. The van der Waals surface area contributed by atoms with E-state index in [1.165, 1.54) is 6.92 Å². The highest BCUT2D eigenvalue weighted by atomic mass is 32.1. The molecule has 4 rings (SSSR count). The topological polar surface area (TPSA) is 51.1 Å². The molecule has 0 aliphatic carbocycles. The molecule has 0 atom stereocenters. The molecule has 1 N–H and O–H groups in total. The fraction of sp³-hybridized carbons (Fsp3) is 0.0909. The number of carbonyl (C=O) groups is 2. The standard InChI is InChI=1S/C22H18N2O2S/c1-15(25)17-7-9-18(10-8-17)23-22(26)20-13-21-19(11-12-27-21)24(20)14-16-5-3-2-4-6-16/h2-13H,14H2,1H3,(H,23,26). The van der Waals surface area contributed by atoms with Gasteiger partial charge in [-0.2, -0.15) is 0 Å². The number of aromatic nitrogens is 1. The number of anilines is 1. The molecule has 2 aromatic carbocycles. The van der Waals surface area contributed by atoms with Gasteiger partial charge in [0.15, 0.2) is 5.78 Å². The van der Waals surface area contributed by atoms with Crippen LogP contribution in [0.15, 0.2) is 72.1 Å². The molecule has 0 saturated carbocycles. The molecular weight excluding hydrogens is 356 g/mol. The molecule has 1 amide bonds. The summed E-state index contributed by atoms with van der Waals surface area (Å²) < 4.78 is 3.13. The van der Waals surface area contributed by atoms with Gasteiger partial charge in [-0.15, -0.1) is 11.3 Å². The third-order valence-corrected chi connectivity index (χ3v) is 5.34. The number of ketones is 1. The van der Waals surface area contributed by atoms with Crippen LogP contribution in [0.1, 0.15) is 33.3 Å².